The quantitative estimate of drug-likeness (QED) is 0.817. The van der Waals surface area contributed by atoms with Crippen molar-refractivity contribution in [1.29, 1.82) is 0 Å². The molecule has 3 heteroatoms. The van der Waals surface area contributed by atoms with E-state index in [2.05, 4.69) is 23.6 Å². The fourth-order valence-electron chi connectivity index (χ4n) is 2.15. The third kappa shape index (κ3) is 5.40. The van der Waals surface area contributed by atoms with E-state index >= 15 is 0 Å². The number of benzene rings is 2. The van der Waals surface area contributed by atoms with E-state index in [9.17, 15) is 4.79 Å². The van der Waals surface area contributed by atoms with Crippen LogP contribution < -0.4 is 10.6 Å². The summed E-state index contributed by atoms with van der Waals surface area (Å²) in [6.07, 6.45) is 1.27. The summed E-state index contributed by atoms with van der Waals surface area (Å²) in [5.74, 6) is 0.0550. The molecule has 0 aliphatic carbocycles. The van der Waals surface area contributed by atoms with Crippen LogP contribution in [-0.2, 0) is 17.8 Å². The Hall–Kier alpha value is -2.13. The van der Waals surface area contributed by atoms with E-state index in [1.807, 2.05) is 48.5 Å². The van der Waals surface area contributed by atoms with Crippen molar-refractivity contribution >= 4 is 11.6 Å². The summed E-state index contributed by atoms with van der Waals surface area (Å²) in [6, 6.07) is 18.0. The van der Waals surface area contributed by atoms with E-state index < -0.39 is 0 Å². The first-order chi connectivity index (χ1) is 10.3. The van der Waals surface area contributed by atoms with Gasteiger partial charge in [0.05, 0.1) is 0 Å². The number of aryl methyl sites for hydroxylation is 1. The Morgan fingerprint density at radius 2 is 1.76 bits per heavy atom. The average Bonchev–Trinajstić information content (AvgIpc) is 2.52. The molecule has 0 saturated carbocycles. The zero-order chi connectivity index (χ0) is 14.9. The molecule has 3 nitrogen and oxygen atoms in total. The van der Waals surface area contributed by atoms with Gasteiger partial charge in [0.25, 0.3) is 0 Å². The summed E-state index contributed by atoms with van der Waals surface area (Å²) >= 11 is 0. The normalized spacial score (nSPS) is 10.3. The zero-order valence-corrected chi connectivity index (χ0v) is 12.4. The Labute approximate surface area is 126 Å². The topological polar surface area (TPSA) is 41.1 Å². The van der Waals surface area contributed by atoms with E-state index in [1.54, 1.807) is 0 Å². The van der Waals surface area contributed by atoms with Gasteiger partial charge in [-0.05, 0) is 36.2 Å². The molecule has 2 rings (SSSR count). The Balaban J connectivity index is 1.84. The largest absolute Gasteiger partial charge is 0.326 e. The van der Waals surface area contributed by atoms with Crippen molar-refractivity contribution in [3.63, 3.8) is 0 Å². The van der Waals surface area contributed by atoms with Gasteiger partial charge in [0.1, 0.15) is 0 Å². The third-order valence-electron chi connectivity index (χ3n) is 3.27. The molecule has 0 aromatic heterocycles. The Kier molecular flexibility index (Phi) is 5.98. The lowest BCUT2D eigenvalue weighted by atomic mass is 10.1. The van der Waals surface area contributed by atoms with Crippen molar-refractivity contribution in [3.05, 3.63) is 65.7 Å². The van der Waals surface area contributed by atoms with Gasteiger partial charge in [-0.3, -0.25) is 4.79 Å². The molecule has 0 radical (unpaired) electrons. The van der Waals surface area contributed by atoms with Crippen molar-refractivity contribution in [1.82, 2.24) is 5.32 Å². The highest BCUT2D eigenvalue weighted by Gasteiger charge is 2.03. The van der Waals surface area contributed by atoms with Gasteiger partial charge in [-0.2, -0.15) is 0 Å². The third-order valence-corrected chi connectivity index (χ3v) is 3.27. The lowest BCUT2D eigenvalue weighted by molar-refractivity contribution is -0.116. The fourth-order valence-corrected chi connectivity index (χ4v) is 2.15. The van der Waals surface area contributed by atoms with Crippen molar-refractivity contribution < 1.29 is 4.79 Å². The Morgan fingerprint density at radius 3 is 2.52 bits per heavy atom. The number of rotatable bonds is 7. The smallest absolute Gasteiger partial charge is 0.224 e. The minimum absolute atomic E-state index is 0.0550. The van der Waals surface area contributed by atoms with Crippen molar-refractivity contribution in [2.75, 3.05) is 11.9 Å². The molecule has 0 saturated heterocycles. The van der Waals surface area contributed by atoms with Crippen LogP contribution in [0.5, 0.6) is 0 Å². The van der Waals surface area contributed by atoms with Crippen molar-refractivity contribution in [3.8, 4) is 0 Å². The van der Waals surface area contributed by atoms with Gasteiger partial charge in [-0.1, -0.05) is 49.4 Å². The predicted octanol–water partition coefficient (Wildman–Crippen LogP) is 3.37. The Morgan fingerprint density at radius 1 is 1.00 bits per heavy atom. The number of carbonyl (C=O) groups excluding carboxylic acids is 1. The van der Waals surface area contributed by atoms with Crippen LogP contribution in [0.25, 0.3) is 0 Å². The molecule has 2 aromatic rings. The first-order valence-corrected chi connectivity index (χ1v) is 7.41. The molecular weight excluding hydrogens is 260 g/mol. The van der Waals surface area contributed by atoms with Crippen LogP contribution in [0.15, 0.2) is 54.6 Å². The maximum atomic E-state index is 12.0. The first-order valence-electron chi connectivity index (χ1n) is 7.41. The summed E-state index contributed by atoms with van der Waals surface area (Å²) in [5, 5.41) is 6.24. The van der Waals surface area contributed by atoms with E-state index in [0.717, 1.165) is 25.2 Å². The molecule has 0 unspecified atom stereocenters. The monoisotopic (exact) mass is 282 g/mol. The van der Waals surface area contributed by atoms with Gasteiger partial charge < -0.3 is 10.6 Å². The SMILES string of the molecule is CCNCc1cccc(NC(=O)CCc2ccccc2)c1. The maximum absolute atomic E-state index is 12.0. The Bertz CT molecular complexity index is 566. The van der Waals surface area contributed by atoms with Gasteiger partial charge in [0, 0.05) is 18.7 Å². The molecule has 0 aliphatic rings. The summed E-state index contributed by atoms with van der Waals surface area (Å²) in [5.41, 5.74) is 3.23. The molecule has 0 bridgehead atoms. The molecule has 2 aromatic carbocycles. The van der Waals surface area contributed by atoms with E-state index in [-0.39, 0.29) is 5.91 Å². The second-order valence-electron chi connectivity index (χ2n) is 5.01. The number of hydrogen-bond acceptors (Lipinski definition) is 2. The molecule has 0 heterocycles. The molecule has 1 amide bonds. The first kappa shape index (κ1) is 15.3. The van der Waals surface area contributed by atoms with E-state index in [0.29, 0.717) is 6.42 Å². The minimum Gasteiger partial charge on any atom is -0.326 e. The number of hydrogen-bond donors (Lipinski definition) is 2. The van der Waals surface area contributed by atoms with Gasteiger partial charge in [0.2, 0.25) is 5.91 Å². The standard InChI is InChI=1S/C18H22N2O/c1-2-19-14-16-9-6-10-17(13-16)20-18(21)12-11-15-7-4-3-5-8-15/h3-10,13,19H,2,11-12,14H2,1H3,(H,20,21). The van der Waals surface area contributed by atoms with Crippen LogP contribution in [0.1, 0.15) is 24.5 Å². The fraction of sp³-hybridized carbons (Fsp3) is 0.278. The minimum atomic E-state index is 0.0550. The average molecular weight is 282 g/mol. The molecule has 0 spiro atoms. The van der Waals surface area contributed by atoms with Crippen molar-refractivity contribution in [2.45, 2.75) is 26.3 Å². The van der Waals surface area contributed by atoms with Crippen LogP contribution in [0.3, 0.4) is 0 Å². The highest BCUT2D eigenvalue weighted by molar-refractivity contribution is 5.90. The summed E-state index contributed by atoms with van der Waals surface area (Å²) in [6.45, 7) is 3.84. The summed E-state index contributed by atoms with van der Waals surface area (Å²) in [4.78, 5) is 12.0. The molecule has 110 valence electrons. The summed E-state index contributed by atoms with van der Waals surface area (Å²) in [7, 11) is 0. The highest BCUT2D eigenvalue weighted by atomic mass is 16.1. The van der Waals surface area contributed by atoms with E-state index in [4.69, 9.17) is 0 Å². The maximum Gasteiger partial charge on any atom is 0.224 e. The molecule has 0 fully saturated rings. The molecule has 0 aliphatic heterocycles. The van der Waals surface area contributed by atoms with Crippen molar-refractivity contribution in [2.24, 2.45) is 0 Å². The number of nitrogens with one attached hydrogen (secondary N) is 2. The number of anilines is 1. The van der Waals surface area contributed by atoms with Crippen LogP contribution in [0.4, 0.5) is 5.69 Å². The lowest BCUT2D eigenvalue weighted by Gasteiger charge is -2.08. The van der Waals surface area contributed by atoms with Gasteiger partial charge in [0.15, 0.2) is 0 Å². The zero-order valence-electron chi connectivity index (χ0n) is 12.4. The second kappa shape index (κ2) is 8.22. The molecular formula is C18H22N2O. The summed E-state index contributed by atoms with van der Waals surface area (Å²) < 4.78 is 0. The second-order valence-corrected chi connectivity index (χ2v) is 5.01. The van der Waals surface area contributed by atoms with Gasteiger partial charge >= 0.3 is 0 Å². The predicted molar refractivity (Wildman–Crippen MR) is 87.2 cm³/mol. The lowest BCUT2D eigenvalue weighted by Crippen LogP contribution is -2.14. The highest BCUT2D eigenvalue weighted by Crippen LogP contribution is 2.11. The van der Waals surface area contributed by atoms with Gasteiger partial charge in [-0.15, -0.1) is 0 Å². The number of carbonyl (C=O) groups is 1. The molecule has 0 atom stereocenters. The van der Waals surface area contributed by atoms with Crippen LogP contribution in [0, 0.1) is 0 Å². The van der Waals surface area contributed by atoms with E-state index in [1.165, 1.54) is 11.1 Å². The molecule has 21 heavy (non-hydrogen) atoms. The van der Waals surface area contributed by atoms with Crippen LogP contribution in [0.2, 0.25) is 0 Å². The number of amides is 1. The van der Waals surface area contributed by atoms with Crippen LogP contribution in [-0.4, -0.2) is 12.5 Å². The molecule has 2 N–H and O–H groups in total. The van der Waals surface area contributed by atoms with Crippen LogP contribution >= 0.6 is 0 Å². The van der Waals surface area contributed by atoms with Gasteiger partial charge in [-0.25, -0.2) is 0 Å².